The molecule has 1 fully saturated rings. The Labute approximate surface area is 111 Å². The van der Waals surface area contributed by atoms with E-state index in [9.17, 15) is 28.1 Å². The minimum Gasteiger partial charge on any atom is -0.288 e. The van der Waals surface area contributed by atoms with Gasteiger partial charge in [0.25, 0.3) is 5.69 Å². The summed E-state index contributed by atoms with van der Waals surface area (Å²) in [5.74, 6) is -0.510. The number of carbonyl (C=O) groups excluding carboxylic acids is 1. The Morgan fingerprint density at radius 3 is 2.60 bits per heavy atom. The summed E-state index contributed by atoms with van der Waals surface area (Å²) >= 11 is 0. The van der Waals surface area contributed by atoms with Crippen LogP contribution in [0.1, 0.15) is 18.0 Å². The summed E-state index contributed by atoms with van der Waals surface area (Å²) in [4.78, 5) is 20.9. The number of nitrogens with one attached hydrogen (secondary N) is 1. The van der Waals surface area contributed by atoms with Crippen molar-refractivity contribution in [2.45, 2.75) is 18.6 Å². The van der Waals surface area contributed by atoms with Crippen molar-refractivity contribution in [1.29, 1.82) is 0 Å². The fourth-order valence-corrected chi connectivity index (χ4v) is 2.04. The molecule has 1 aliphatic rings. The van der Waals surface area contributed by atoms with Gasteiger partial charge < -0.3 is 0 Å². The number of hydrogen-bond donors (Lipinski definition) is 1. The van der Waals surface area contributed by atoms with Gasteiger partial charge in [-0.15, -0.1) is 0 Å². The first-order chi connectivity index (χ1) is 9.29. The van der Waals surface area contributed by atoms with Crippen LogP contribution in [-0.4, -0.2) is 28.6 Å². The molecule has 0 aliphatic carbocycles. The predicted molar refractivity (Wildman–Crippen MR) is 61.4 cm³/mol. The number of carbonyl (C=O) groups is 1. The van der Waals surface area contributed by atoms with Crippen LogP contribution >= 0.6 is 0 Å². The number of alkyl halides is 3. The third-order valence-electron chi connectivity index (χ3n) is 2.87. The molecule has 1 unspecified atom stereocenters. The van der Waals surface area contributed by atoms with Gasteiger partial charge in [0.05, 0.1) is 4.92 Å². The zero-order valence-electron chi connectivity index (χ0n) is 10.1. The lowest BCUT2D eigenvalue weighted by molar-refractivity contribution is -0.385. The molecule has 6 nitrogen and oxygen atoms in total. The smallest absolute Gasteiger partial charge is 0.288 e. The molecule has 0 saturated carbocycles. The molecule has 0 bridgehead atoms. The maximum Gasteiger partial charge on any atom is 0.409 e. The van der Waals surface area contributed by atoms with Crippen LogP contribution in [0.5, 0.6) is 0 Å². The van der Waals surface area contributed by atoms with Crippen LogP contribution in [0.4, 0.5) is 18.9 Å². The first-order valence-electron chi connectivity index (χ1n) is 5.66. The average molecular weight is 289 g/mol. The number of hydrazine groups is 1. The fourth-order valence-electron chi connectivity index (χ4n) is 2.04. The molecule has 0 radical (unpaired) electrons. The van der Waals surface area contributed by atoms with Gasteiger partial charge in [-0.2, -0.15) is 13.2 Å². The molecule has 1 saturated heterocycles. The molecule has 1 heterocycles. The SMILES string of the molecule is O=C1CCN(C(c2cccc([N+](=O)[O-])c2)C(F)(F)F)N1. The monoisotopic (exact) mass is 289 g/mol. The summed E-state index contributed by atoms with van der Waals surface area (Å²) in [7, 11) is 0. The summed E-state index contributed by atoms with van der Waals surface area (Å²) in [6, 6.07) is 2.20. The maximum atomic E-state index is 13.2. The lowest BCUT2D eigenvalue weighted by Gasteiger charge is -2.29. The van der Waals surface area contributed by atoms with Crippen LogP contribution < -0.4 is 5.43 Å². The van der Waals surface area contributed by atoms with Crippen molar-refractivity contribution in [1.82, 2.24) is 10.4 Å². The standard InChI is InChI=1S/C11H10F3N3O3/c12-11(13,14)10(16-5-4-9(18)15-16)7-2-1-3-8(6-7)17(19)20/h1-3,6,10H,4-5H2,(H,15,18). The molecule has 20 heavy (non-hydrogen) atoms. The van der Waals surface area contributed by atoms with Crippen molar-refractivity contribution >= 4 is 11.6 Å². The molecule has 0 spiro atoms. The summed E-state index contributed by atoms with van der Waals surface area (Å²) in [5.41, 5.74) is 1.40. The highest BCUT2D eigenvalue weighted by Gasteiger charge is 2.47. The van der Waals surface area contributed by atoms with Crippen molar-refractivity contribution in [3.63, 3.8) is 0 Å². The van der Waals surface area contributed by atoms with Gasteiger partial charge in [-0.05, 0) is 5.56 Å². The Balaban J connectivity index is 2.39. The Morgan fingerprint density at radius 1 is 1.40 bits per heavy atom. The van der Waals surface area contributed by atoms with Crippen LogP contribution in [0.2, 0.25) is 0 Å². The first kappa shape index (κ1) is 14.3. The van der Waals surface area contributed by atoms with Crippen LogP contribution in [-0.2, 0) is 4.79 Å². The molecule has 1 aromatic rings. The lowest BCUT2D eigenvalue weighted by Crippen LogP contribution is -2.43. The zero-order valence-corrected chi connectivity index (χ0v) is 10.1. The summed E-state index contributed by atoms with van der Waals surface area (Å²) in [6.45, 7) is -0.105. The third-order valence-corrected chi connectivity index (χ3v) is 2.87. The van der Waals surface area contributed by atoms with Gasteiger partial charge in [-0.1, -0.05) is 12.1 Å². The van der Waals surface area contributed by atoms with Crippen molar-refractivity contribution in [2.24, 2.45) is 0 Å². The number of non-ortho nitro benzene ring substituents is 1. The Bertz CT molecular complexity index is 547. The number of hydrogen-bond acceptors (Lipinski definition) is 4. The number of nitrogens with zero attached hydrogens (tertiary/aromatic N) is 2. The highest BCUT2D eigenvalue weighted by molar-refractivity contribution is 5.77. The van der Waals surface area contributed by atoms with Crippen LogP contribution in [0.3, 0.4) is 0 Å². The van der Waals surface area contributed by atoms with E-state index in [1.54, 1.807) is 0 Å². The summed E-state index contributed by atoms with van der Waals surface area (Å²) < 4.78 is 39.5. The van der Waals surface area contributed by atoms with E-state index in [1.807, 2.05) is 0 Å². The van der Waals surface area contributed by atoms with E-state index in [4.69, 9.17) is 0 Å². The summed E-state index contributed by atoms with van der Waals surface area (Å²) in [6.07, 6.45) is -4.70. The second-order valence-electron chi connectivity index (χ2n) is 4.27. The van der Waals surface area contributed by atoms with Gasteiger partial charge in [0.1, 0.15) is 6.04 Å². The second-order valence-corrected chi connectivity index (χ2v) is 4.27. The topological polar surface area (TPSA) is 75.5 Å². The highest BCUT2D eigenvalue weighted by Crippen LogP contribution is 2.38. The molecule has 9 heteroatoms. The average Bonchev–Trinajstić information content (AvgIpc) is 2.74. The van der Waals surface area contributed by atoms with E-state index in [0.717, 1.165) is 23.2 Å². The largest absolute Gasteiger partial charge is 0.409 e. The van der Waals surface area contributed by atoms with Crippen molar-refractivity contribution in [3.05, 3.63) is 39.9 Å². The Morgan fingerprint density at radius 2 is 2.10 bits per heavy atom. The van der Waals surface area contributed by atoms with Gasteiger partial charge in [0.15, 0.2) is 0 Å². The van der Waals surface area contributed by atoms with Gasteiger partial charge >= 0.3 is 6.18 Å². The highest BCUT2D eigenvalue weighted by atomic mass is 19.4. The molecule has 1 amide bonds. The minimum absolute atomic E-state index is 0.0402. The number of amides is 1. The van der Waals surface area contributed by atoms with Gasteiger partial charge in [0, 0.05) is 25.1 Å². The molecule has 1 aromatic carbocycles. The Hall–Kier alpha value is -2.16. The predicted octanol–water partition coefficient (Wildman–Crippen LogP) is 1.94. The van der Waals surface area contributed by atoms with Crippen molar-refractivity contribution < 1.29 is 22.9 Å². The normalized spacial score (nSPS) is 17.9. The van der Waals surface area contributed by atoms with E-state index < -0.39 is 28.7 Å². The van der Waals surface area contributed by atoms with Crippen molar-refractivity contribution in [2.75, 3.05) is 6.54 Å². The number of halogens is 3. The maximum absolute atomic E-state index is 13.2. The van der Waals surface area contributed by atoms with Crippen LogP contribution in [0.15, 0.2) is 24.3 Å². The minimum atomic E-state index is -4.66. The fraction of sp³-hybridized carbons (Fsp3) is 0.364. The van der Waals surface area contributed by atoms with E-state index in [0.29, 0.717) is 0 Å². The van der Waals surface area contributed by atoms with E-state index in [1.165, 1.54) is 6.07 Å². The van der Waals surface area contributed by atoms with Gasteiger partial charge in [0.2, 0.25) is 5.91 Å². The molecule has 0 aromatic heterocycles. The number of nitro groups is 1. The van der Waals surface area contributed by atoms with Crippen molar-refractivity contribution in [3.8, 4) is 0 Å². The van der Waals surface area contributed by atoms with E-state index in [2.05, 4.69) is 5.43 Å². The quantitative estimate of drug-likeness (QED) is 0.681. The van der Waals surface area contributed by atoms with Gasteiger partial charge in [-0.25, -0.2) is 5.01 Å². The lowest BCUT2D eigenvalue weighted by atomic mass is 10.1. The molecule has 108 valence electrons. The van der Waals surface area contributed by atoms with Gasteiger partial charge in [-0.3, -0.25) is 20.3 Å². The molecule has 1 N–H and O–H groups in total. The van der Waals surface area contributed by atoms with E-state index >= 15 is 0 Å². The summed E-state index contributed by atoms with van der Waals surface area (Å²) in [5, 5.41) is 11.4. The molecular formula is C11H10F3N3O3. The number of rotatable bonds is 3. The van der Waals surface area contributed by atoms with Crippen LogP contribution in [0.25, 0.3) is 0 Å². The number of benzene rings is 1. The number of nitro benzene ring substituents is 1. The molecule has 1 atom stereocenters. The first-order valence-corrected chi connectivity index (χ1v) is 5.66. The zero-order chi connectivity index (χ0) is 14.9. The third kappa shape index (κ3) is 2.87. The van der Waals surface area contributed by atoms with Crippen LogP contribution in [0, 0.1) is 10.1 Å². The second kappa shape index (κ2) is 5.08. The molecule has 2 rings (SSSR count). The Kier molecular flexibility index (Phi) is 3.62. The van der Waals surface area contributed by atoms with E-state index in [-0.39, 0.29) is 18.5 Å². The molecular weight excluding hydrogens is 279 g/mol. The molecule has 1 aliphatic heterocycles.